The Kier molecular flexibility index (Phi) is 5.95. The van der Waals surface area contributed by atoms with Crippen LogP contribution in [0.1, 0.15) is 25.7 Å². The van der Waals surface area contributed by atoms with Crippen molar-refractivity contribution >= 4 is 5.97 Å². The van der Waals surface area contributed by atoms with Gasteiger partial charge in [-0.3, -0.25) is 0 Å². The van der Waals surface area contributed by atoms with E-state index in [-0.39, 0.29) is 5.57 Å². The van der Waals surface area contributed by atoms with Gasteiger partial charge in [-0.25, -0.2) is 4.79 Å². The number of rotatable bonds is 6. The first kappa shape index (κ1) is 14.3. The fourth-order valence-corrected chi connectivity index (χ4v) is 1.88. The second-order valence-corrected chi connectivity index (χ2v) is 4.11. The Hall–Kier alpha value is -1.80. The molecule has 0 heterocycles. The maximum Gasteiger partial charge on any atom is 0.346 e. The van der Waals surface area contributed by atoms with Gasteiger partial charge in [-0.2, -0.15) is 5.26 Å². The van der Waals surface area contributed by atoms with Crippen molar-refractivity contribution in [1.29, 1.82) is 5.26 Å². The number of nitriles is 1. The molecule has 0 aromatic heterocycles. The van der Waals surface area contributed by atoms with E-state index in [0.29, 0.717) is 18.6 Å². The van der Waals surface area contributed by atoms with Crippen molar-refractivity contribution in [3.8, 4) is 6.07 Å². The molecule has 0 amide bonds. The van der Waals surface area contributed by atoms with E-state index in [4.69, 9.17) is 15.1 Å². The first-order chi connectivity index (χ1) is 8.69. The maximum absolute atomic E-state index is 10.9. The zero-order chi connectivity index (χ0) is 13.4. The lowest BCUT2D eigenvalue weighted by atomic mass is 9.95. The summed E-state index contributed by atoms with van der Waals surface area (Å²) in [6.07, 6.45) is 5.12. The largest absolute Gasteiger partial charge is 0.477 e. The van der Waals surface area contributed by atoms with Crippen molar-refractivity contribution in [2.75, 3.05) is 20.3 Å². The fourth-order valence-electron chi connectivity index (χ4n) is 1.88. The molecule has 0 spiro atoms. The Labute approximate surface area is 107 Å². The molecule has 98 valence electrons. The molecule has 2 N–H and O–H groups in total. The summed E-state index contributed by atoms with van der Waals surface area (Å²) >= 11 is 0. The lowest BCUT2D eigenvalue weighted by Crippen LogP contribution is -2.18. The molecule has 0 fully saturated rings. The number of nitrogens with one attached hydrogen (secondary N) is 1. The van der Waals surface area contributed by atoms with E-state index in [2.05, 4.69) is 5.32 Å². The van der Waals surface area contributed by atoms with Gasteiger partial charge in [0.05, 0.1) is 0 Å². The van der Waals surface area contributed by atoms with Crippen LogP contribution in [0.15, 0.2) is 22.9 Å². The smallest absolute Gasteiger partial charge is 0.346 e. The topological polar surface area (TPSA) is 82.3 Å². The number of aliphatic carboxylic acids is 1. The second kappa shape index (κ2) is 7.51. The van der Waals surface area contributed by atoms with E-state index in [1.54, 1.807) is 19.3 Å². The number of ether oxygens (including phenoxy) is 1. The zero-order valence-electron chi connectivity index (χ0n) is 10.5. The van der Waals surface area contributed by atoms with Gasteiger partial charge in [0.1, 0.15) is 11.6 Å². The minimum Gasteiger partial charge on any atom is -0.477 e. The average Bonchev–Trinajstić information content (AvgIpc) is 2.36. The predicted molar refractivity (Wildman–Crippen MR) is 66.7 cm³/mol. The quantitative estimate of drug-likeness (QED) is 0.425. The van der Waals surface area contributed by atoms with Gasteiger partial charge in [0.2, 0.25) is 0 Å². The van der Waals surface area contributed by atoms with Gasteiger partial charge in [-0.05, 0) is 37.3 Å². The Morgan fingerprint density at radius 1 is 1.61 bits per heavy atom. The molecule has 5 heteroatoms. The Morgan fingerprint density at radius 3 is 3.00 bits per heavy atom. The third-order valence-electron chi connectivity index (χ3n) is 2.76. The molecule has 5 nitrogen and oxygen atoms in total. The number of carbonyl (C=O) groups is 1. The summed E-state index contributed by atoms with van der Waals surface area (Å²) in [5.41, 5.74) is 1.47. The van der Waals surface area contributed by atoms with Crippen LogP contribution >= 0.6 is 0 Å². The van der Waals surface area contributed by atoms with Crippen LogP contribution in [0.5, 0.6) is 0 Å². The lowest BCUT2D eigenvalue weighted by molar-refractivity contribution is -0.132. The van der Waals surface area contributed by atoms with E-state index in [1.807, 2.05) is 0 Å². The molecule has 1 rings (SSSR count). The first-order valence-corrected chi connectivity index (χ1v) is 5.99. The van der Waals surface area contributed by atoms with Crippen LogP contribution in [0.3, 0.4) is 0 Å². The number of methoxy groups -OCH3 is 1. The van der Waals surface area contributed by atoms with Crippen LogP contribution in [0, 0.1) is 11.3 Å². The van der Waals surface area contributed by atoms with Crippen LogP contribution in [0.25, 0.3) is 0 Å². The molecule has 1 aliphatic rings. The van der Waals surface area contributed by atoms with E-state index in [9.17, 15) is 4.79 Å². The number of allylic oxidation sites excluding steroid dienone is 3. The standard InChI is InChI=1S/C13H18N2O3/c1-18-7-3-6-15-11-5-2-4-10(8-11)12(9-14)13(16)17/h8,15H,2-7H2,1H3,(H,16,17)/b12-10-. The number of hydrogen-bond acceptors (Lipinski definition) is 4. The van der Waals surface area contributed by atoms with Gasteiger partial charge in [-0.1, -0.05) is 0 Å². The minimum absolute atomic E-state index is 0.147. The summed E-state index contributed by atoms with van der Waals surface area (Å²) in [6, 6.07) is 1.76. The third kappa shape index (κ3) is 4.22. The molecule has 0 unspecified atom stereocenters. The number of carboxylic acid groups (broad SMARTS) is 1. The molecular formula is C13H18N2O3. The summed E-state index contributed by atoms with van der Waals surface area (Å²) < 4.78 is 4.95. The molecule has 0 saturated carbocycles. The molecule has 0 aromatic rings. The zero-order valence-corrected chi connectivity index (χ0v) is 10.5. The maximum atomic E-state index is 10.9. The summed E-state index contributed by atoms with van der Waals surface area (Å²) in [5, 5.41) is 21.0. The van der Waals surface area contributed by atoms with Crippen LogP contribution < -0.4 is 5.32 Å². The lowest BCUT2D eigenvalue weighted by Gasteiger charge is -2.17. The summed E-state index contributed by atoms with van der Waals surface area (Å²) in [6.45, 7) is 1.49. The van der Waals surface area contributed by atoms with Gasteiger partial charge in [0, 0.05) is 26.0 Å². The van der Waals surface area contributed by atoms with Gasteiger partial charge < -0.3 is 15.2 Å². The number of carboxylic acids is 1. The Morgan fingerprint density at radius 2 is 2.39 bits per heavy atom. The highest BCUT2D eigenvalue weighted by Crippen LogP contribution is 2.23. The monoisotopic (exact) mass is 250 g/mol. The summed E-state index contributed by atoms with van der Waals surface area (Å²) in [4.78, 5) is 10.9. The average molecular weight is 250 g/mol. The molecule has 0 saturated heterocycles. The van der Waals surface area contributed by atoms with E-state index < -0.39 is 5.97 Å². The third-order valence-corrected chi connectivity index (χ3v) is 2.76. The molecule has 0 bridgehead atoms. The van der Waals surface area contributed by atoms with Crippen molar-refractivity contribution in [2.45, 2.75) is 25.7 Å². The fraction of sp³-hybridized carbons (Fsp3) is 0.538. The second-order valence-electron chi connectivity index (χ2n) is 4.11. The van der Waals surface area contributed by atoms with Crippen molar-refractivity contribution in [2.24, 2.45) is 0 Å². The highest BCUT2D eigenvalue weighted by atomic mass is 16.5. The summed E-state index contributed by atoms with van der Waals surface area (Å²) in [5.74, 6) is -1.15. The Bertz CT molecular complexity index is 405. The Balaban J connectivity index is 2.68. The molecule has 0 aliphatic heterocycles. The van der Waals surface area contributed by atoms with Gasteiger partial charge in [0.15, 0.2) is 0 Å². The predicted octanol–water partition coefficient (Wildman–Crippen LogP) is 1.59. The SMILES string of the molecule is COCCCNC1=C/C(=C(/C#N)C(=O)O)CCC1. The van der Waals surface area contributed by atoms with Crippen molar-refractivity contribution in [3.63, 3.8) is 0 Å². The highest BCUT2D eigenvalue weighted by Gasteiger charge is 2.16. The summed E-state index contributed by atoms with van der Waals surface area (Å²) in [7, 11) is 1.66. The van der Waals surface area contributed by atoms with Crippen LogP contribution in [-0.2, 0) is 9.53 Å². The first-order valence-electron chi connectivity index (χ1n) is 5.99. The molecular weight excluding hydrogens is 232 g/mol. The highest BCUT2D eigenvalue weighted by molar-refractivity contribution is 5.92. The van der Waals surface area contributed by atoms with Gasteiger partial charge >= 0.3 is 5.97 Å². The van der Waals surface area contributed by atoms with Crippen molar-refractivity contribution < 1.29 is 14.6 Å². The van der Waals surface area contributed by atoms with Gasteiger partial charge in [-0.15, -0.1) is 0 Å². The molecule has 0 aromatic carbocycles. The number of nitrogens with zero attached hydrogens (tertiary/aromatic N) is 1. The molecule has 0 atom stereocenters. The van der Waals surface area contributed by atoms with Crippen LogP contribution in [-0.4, -0.2) is 31.3 Å². The normalized spacial score (nSPS) is 17.7. The molecule has 18 heavy (non-hydrogen) atoms. The van der Waals surface area contributed by atoms with E-state index in [1.165, 1.54) is 0 Å². The van der Waals surface area contributed by atoms with Crippen molar-refractivity contribution in [1.82, 2.24) is 5.32 Å². The van der Waals surface area contributed by atoms with Crippen LogP contribution in [0.4, 0.5) is 0 Å². The van der Waals surface area contributed by atoms with E-state index >= 15 is 0 Å². The molecule has 0 radical (unpaired) electrons. The molecule has 1 aliphatic carbocycles. The van der Waals surface area contributed by atoms with Gasteiger partial charge in [0.25, 0.3) is 0 Å². The number of hydrogen-bond donors (Lipinski definition) is 2. The van der Waals surface area contributed by atoms with Crippen molar-refractivity contribution in [3.05, 3.63) is 22.9 Å². The minimum atomic E-state index is -1.15. The van der Waals surface area contributed by atoms with Crippen LogP contribution in [0.2, 0.25) is 0 Å². The van der Waals surface area contributed by atoms with E-state index in [0.717, 1.165) is 31.5 Å².